The molecule has 0 unspecified atom stereocenters. The van der Waals surface area contributed by atoms with Gasteiger partial charge in [-0.3, -0.25) is 4.79 Å². The molecular formula is C21H25ClN2O3S. The molecule has 1 amide bonds. The number of halogens is 1. The quantitative estimate of drug-likeness (QED) is 0.774. The highest BCUT2D eigenvalue weighted by molar-refractivity contribution is 7.89. The number of hydrogen-bond acceptors (Lipinski definition) is 3. The Morgan fingerprint density at radius 2 is 1.75 bits per heavy atom. The molecule has 1 fully saturated rings. The van der Waals surface area contributed by atoms with Gasteiger partial charge in [0, 0.05) is 29.7 Å². The molecule has 1 N–H and O–H groups in total. The van der Waals surface area contributed by atoms with Crippen LogP contribution in [0.4, 0.5) is 5.69 Å². The van der Waals surface area contributed by atoms with E-state index in [0.29, 0.717) is 36.9 Å². The maximum atomic E-state index is 12.7. The summed E-state index contributed by atoms with van der Waals surface area (Å²) in [7, 11) is -3.56. The maximum absolute atomic E-state index is 12.7. The zero-order chi connectivity index (χ0) is 20.3. The van der Waals surface area contributed by atoms with Crippen LogP contribution in [0, 0.1) is 5.92 Å². The van der Waals surface area contributed by atoms with Gasteiger partial charge in [-0.15, -0.1) is 0 Å². The van der Waals surface area contributed by atoms with E-state index in [9.17, 15) is 13.2 Å². The number of benzene rings is 2. The number of rotatable bonds is 5. The van der Waals surface area contributed by atoms with Gasteiger partial charge in [0.25, 0.3) is 0 Å². The third kappa shape index (κ3) is 4.74. The molecule has 2 aromatic carbocycles. The van der Waals surface area contributed by atoms with E-state index < -0.39 is 10.0 Å². The van der Waals surface area contributed by atoms with Crippen LogP contribution >= 0.6 is 11.6 Å². The second kappa shape index (κ2) is 8.64. The van der Waals surface area contributed by atoms with Crippen LogP contribution in [-0.4, -0.2) is 31.7 Å². The standard InChI is InChI=1S/C21H25ClN2O3S/c1-15(2)17-4-3-5-19(14-17)23-21(25)16-10-12-24(13-11-16)28(26,27)20-8-6-18(22)7-9-20/h3-9,14-16H,10-13H2,1-2H3,(H,23,25). The number of nitrogens with zero attached hydrogens (tertiary/aromatic N) is 1. The van der Waals surface area contributed by atoms with Crippen LogP contribution in [0.3, 0.4) is 0 Å². The van der Waals surface area contributed by atoms with Gasteiger partial charge in [-0.1, -0.05) is 37.6 Å². The fraction of sp³-hybridized carbons (Fsp3) is 0.381. The number of piperidine rings is 1. The summed E-state index contributed by atoms with van der Waals surface area (Å²) in [5, 5.41) is 3.47. The summed E-state index contributed by atoms with van der Waals surface area (Å²) in [6.07, 6.45) is 1.01. The van der Waals surface area contributed by atoms with Crippen molar-refractivity contribution in [3.8, 4) is 0 Å². The molecular weight excluding hydrogens is 396 g/mol. The smallest absolute Gasteiger partial charge is 0.243 e. The summed E-state index contributed by atoms with van der Waals surface area (Å²) < 4.78 is 26.9. The highest BCUT2D eigenvalue weighted by atomic mass is 35.5. The predicted octanol–water partition coefficient (Wildman–Crippen LogP) is 4.50. The lowest BCUT2D eigenvalue weighted by Crippen LogP contribution is -2.41. The Bertz CT molecular complexity index is 934. The Labute approximate surface area is 171 Å². The minimum Gasteiger partial charge on any atom is -0.326 e. The van der Waals surface area contributed by atoms with Crippen molar-refractivity contribution in [1.29, 1.82) is 0 Å². The molecule has 1 aliphatic heterocycles. The van der Waals surface area contributed by atoms with Crippen LogP contribution < -0.4 is 5.32 Å². The Morgan fingerprint density at radius 1 is 1.11 bits per heavy atom. The van der Waals surface area contributed by atoms with Crippen molar-refractivity contribution < 1.29 is 13.2 Å². The molecule has 1 aliphatic rings. The molecule has 0 aromatic heterocycles. The minimum absolute atomic E-state index is 0.0514. The molecule has 0 saturated carbocycles. The highest BCUT2D eigenvalue weighted by Crippen LogP contribution is 2.26. The lowest BCUT2D eigenvalue weighted by Gasteiger charge is -2.30. The zero-order valence-electron chi connectivity index (χ0n) is 16.1. The van der Waals surface area contributed by atoms with Crippen molar-refractivity contribution >= 4 is 33.2 Å². The van der Waals surface area contributed by atoms with Crippen LogP contribution in [-0.2, 0) is 14.8 Å². The summed E-state index contributed by atoms with van der Waals surface area (Å²) in [4.78, 5) is 12.8. The molecule has 28 heavy (non-hydrogen) atoms. The lowest BCUT2D eigenvalue weighted by atomic mass is 9.97. The number of sulfonamides is 1. The van der Waals surface area contributed by atoms with Gasteiger partial charge in [0.2, 0.25) is 15.9 Å². The molecule has 1 heterocycles. The van der Waals surface area contributed by atoms with Crippen molar-refractivity contribution in [3.63, 3.8) is 0 Å². The fourth-order valence-electron chi connectivity index (χ4n) is 3.33. The molecule has 150 valence electrons. The molecule has 5 nitrogen and oxygen atoms in total. The fourth-order valence-corrected chi connectivity index (χ4v) is 4.93. The molecule has 2 aromatic rings. The first kappa shape index (κ1) is 20.8. The summed E-state index contributed by atoms with van der Waals surface area (Å²) in [6.45, 7) is 4.87. The van der Waals surface area contributed by atoms with Crippen LogP contribution in [0.15, 0.2) is 53.4 Å². The van der Waals surface area contributed by atoms with Gasteiger partial charge in [0.15, 0.2) is 0 Å². The van der Waals surface area contributed by atoms with Crippen molar-refractivity contribution in [1.82, 2.24) is 4.31 Å². The van der Waals surface area contributed by atoms with Gasteiger partial charge in [0.05, 0.1) is 4.90 Å². The Hall–Kier alpha value is -1.89. The van der Waals surface area contributed by atoms with Crippen molar-refractivity contribution in [3.05, 3.63) is 59.1 Å². The molecule has 0 atom stereocenters. The summed E-state index contributed by atoms with van der Waals surface area (Å²) >= 11 is 5.84. The summed E-state index contributed by atoms with van der Waals surface area (Å²) in [6, 6.07) is 14.0. The molecule has 0 radical (unpaired) electrons. The molecule has 0 spiro atoms. The van der Waals surface area contributed by atoms with E-state index in [4.69, 9.17) is 11.6 Å². The number of hydrogen-bond donors (Lipinski definition) is 1. The summed E-state index contributed by atoms with van der Waals surface area (Å²) in [5.41, 5.74) is 1.95. The monoisotopic (exact) mass is 420 g/mol. The largest absolute Gasteiger partial charge is 0.326 e. The second-order valence-electron chi connectivity index (χ2n) is 7.40. The first-order valence-corrected chi connectivity index (χ1v) is 11.3. The molecule has 3 rings (SSSR count). The van der Waals surface area contributed by atoms with E-state index in [1.165, 1.54) is 22.0 Å². The van der Waals surface area contributed by atoms with Gasteiger partial charge in [-0.2, -0.15) is 4.31 Å². The molecule has 0 aliphatic carbocycles. The number of carbonyl (C=O) groups is 1. The first-order chi connectivity index (χ1) is 13.3. The Kier molecular flexibility index (Phi) is 6.43. The molecule has 7 heteroatoms. The zero-order valence-corrected chi connectivity index (χ0v) is 17.6. The maximum Gasteiger partial charge on any atom is 0.243 e. The number of carbonyl (C=O) groups excluding carboxylic acids is 1. The third-order valence-electron chi connectivity index (χ3n) is 5.10. The summed E-state index contributed by atoms with van der Waals surface area (Å²) in [5.74, 6) is 0.141. The van der Waals surface area contributed by atoms with E-state index >= 15 is 0 Å². The van der Waals surface area contributed by atoms with E-state index in [1.54, 1.807) is 12.1 Å². The first-order valence-electron chi connectivity index (χ1n) is 9.44. The van der Waals surface area contributed by atoms with E-state index in [2.05, 4.69) is 19.2 Å². The van der Waals surface area contributed by atoms with Gasteiger partial charge in [0.1, 0.15) is 0 Å². The third-order valence-corrected chi connectivity index (χ3v) is 7.26. The normalized spacial score (nSPS) is 16.3. The number of nitrogens with one attached hydrogen (secondary N) is 1. The van der Waals surface area contributed by atoms with Gasteiger partial charge in [-0.25, -0.2) is 8.42 Å². The molecule has 0 bridgehead atoms. The number of amides is 1. The lowest BCUT2D eigenvalue weighted by molar-refractivity contribution is -0.120. The minimum atomic E-state index is -3.56. The van der Waals surface area contributed by atoms with Gasteiger partial charge in [-0.05, 0) is 60.7 Å². The SMILES string of the molecule is CC(C)c1cccc(NC(=O)C2CCN(S(=O)(=O)c3ccc(Cl)cc3)CC2)c1. The van der Waals surface area contributed by atoms with Crippen molar-refractivity contribution in [2.45, 2.75) is 37.5 Å². The van der Waals surface area contributed by atoms with Gasteiger partial charge >= 0.3 is 0 Å². The molecule has 1 saturated heterocycles. The van der Waals surface area contributed by atoms with Crippen molar-refractivity contribution in [2.24, 2.45) is 5.92 Å². The Balaban J connectivity index is 1.61. The Morgan fingerprint density at radius 3 is 2.36 bits per heavy atom. The van der Waals surface area contributed by atoms with Crippen LogP contribution in [0.5, 0.6) is 0 Å². The topological polar surface area (TPSA) is 66.5 Å². The van der Waals surface area contributed by atoms with E-state index in [0.717, 1.165) is 5.69 Å². The van der Waals surface area contributed by atoms with Gasteiger partial charge < -0.3 is 5.32 Å². The second-order valence-corrected chi connectivity index (χ2v) is 9.78. The van der Waals surface area contributed by atoms with Crippen molar-refractivity contribution in [2.75, 3.05) is 18.4 Å². The van der Waals surface area contributed by atoms with E-state index in [1.807, 2.05) is 24.3 Å². The average Bonchev–Trinajstić information content (AvgIpc) is 2.68. The number of anilines is 1. The van der Waals surface area contributed by atoms with Crippen LogP contribution in [0.25, 0.3) is 0 Å². The average molecular weight is 421 g/mol. The van der Waals surface area contributed by atoms with E-state index in [-0.39, 0.29) is 16.7 Å². The van der Waals surface area contributed by atoms with Crippen LogP contribution in [0.2, 0.25) is 5.02 Å². The predicted molar refractivity (Wildman–Crippen MR) is 112 cm³/mol. The highest BCUT2D eigenvalue weighted by Gasteiger charge is 2.32. The van der Waals surface area contributed by atoms with Crippen LogP contribution in [0.1, 0.15) is 38.2 Å².